The Hall–Kier alpha value is -3.11. The lowest BCUT2D eigenvalue weighted by Gasteiger charge is -2.12. The van der Waals surface area contributed by atoms with Crippen LogP contribution in [0.15, 0.2) is 56.6 Å². The van der Waals surface area contributed by atoms with Crippen molar-refractivity contribution in [2.24, 2.45) is 14.1 Å². The van der Waals surface area contributed by atoms with Gasteiger partial charge in [0.2, 0.25) is 5.91 Å². The number of nitrogens with one attached hydrogen (secondary N) is 1. The third-order valence-electron chi connectivity index (χ3n) is 4.90. The van der Waals surface area contributed by atoms with E-state index in [4.69, 9.17) is 0 Å². The second-order valence-corrected chi connectivity index (χ2v) is 8.88. The molecule has 0 atom stereocenters. The van der Waals surface area contributed by atoms with Gasteiger partial charge >= 0.3 is 5.69 Å². The normalized spacial score (nSPS) is 15.3. The number of benzene rings is 2. The molecule has 3 amide bonds. The molecule has 31 heavy (non-hydrogen) atoms. The molecule has 1 aliphatic heterocycles. The van der Waals surface area contributed by atoms with Crippen molar-refractivity contribution in [3.63, 3.8) is 0 Å². The van der Waals surface area contributed by atoms with Crippen LogP contribution < -0.4 is 11.0 Å². The number of hydrogen-bond donors (Lipinski definition) is 1. The molecule has 0 aliphatic carbocycles. The van der Waals surface area contributed by atoms with Gasteiger partial charge in [-0.25, -0.2) is 4.79 Å². The van der Waals surface area contributed by atoms with Crippen LogP contribution in [0.25, 0.3) is 17.1 Å². The summed E-state index contributed by atoms with van der Waals surface area (Å²) in [6.07, 6.45) is 1.59. The molecule has 0 unspecified atom stereocenters. The van der Waals surface area contributed by atoms with Crippen LogP contribution in [0.4, 0.5) is 10.5 Å². The molecule has 158 valence electrons. The standard InChI is InChI=1S/C21H17BrN4O4S/c1-24-15-8-3-12(9-16(15)25(2)20(24)29)10-17-19(28)26(21(30)31-17)11-18(27)23-14-6-4-13(22)5-7-14/h3-10H,11H2,1-2H3,(H,23,27)/b17-10-. The Morgan fingerprint density at radius 2 is 1.71 bits per heavy atom. The number of carbonyl (C=O) groups excluding carboxylic acids is 3. The van der Waals surface area contributed by atoms with E-state index in [1.807, 2.05) is 0 Å². The summed E-state index contributed by atoms with van der Waals surface area (Å²) in [5.74, 6) is -0.991. The van der Waals surface area contributed by atoms with Crippen LogP contribution in [0.5, 0.6) is 0 Å². The number of aromatic nitrogens is 2. The van der Waals surface area contributed by atoms with E-state index in [1.54, 1.807) is 62.6 Å². The highest BCUT2D eigenvalue weighted by molar-refractivity contribution is 9.10. The summed E-state index contributed by atoms with van der Waals surface area (Å²) in [5, 5.41) is 2.16. The molecular formula is C21H17BrN4O4S. The maximum absolute atomic E-state index is 12.7. The van der Waals surface area contributed by atoms with Crippen molar-refractivity contribution in [3.8, 4) is 0 Å². The molecule has 0 radical (unpaired) electrons. The molecule has 1 N–H and O–H groups in total. The van der Waals surface area contributed by atoms with E-state index in [-0.39, 0.29) is 17.1 Å². The molecule has 3 aromatic rings. The van der Waals surface area contributed by atoms with Gasteiger partial charge in [0.05, 0.1) is 15.9 Å². The number of hydrogen-bond acceptors (Lipinski definition) is 5. The fourth-order valence-corrected chi connectivity index (χ4v) is 4.38. The van der Waals surface area contributed by atoms with Gasteiger partial charge < -0.3 is 5.32 Å². The molecule has 2 heterocycles. The number of fused-ring (bicyclic) bond motifs is 1. The van der Waals surface area contributed by atoms with E-state index in [1.165, 1.54) is 9.13 Å². The van der Waals surface area contributed by atoms with Crippen molar-refractivity contribution < 1.29 is 14.4 Å². The average Bonchev–Trinajstić information content (AvgIpc) is 3.12. The lowest BCUT2D eigenvalue weighted by molar-refractivity contribution is -0.127. The Labute approximate surface area is 189 Å². The Bertz CT molecular complexity index is 1320. The van der Waals surface area contributed by atoms with Crippen LogP contribution in [0.3, 0.4) is 0 Å². The first-order chi connectivity index (χ1) is 14.7. The van der Waals surface area contributed by atoms with Crippen LogP contribution in [-0.2, 0) is 23.7 Å². The minimum absolute atomic E-state index is 0.149. The number of halogens is 1. The molecule has 0 saturated carbocycles. The van der Waals surface area contributed by atoms with E-state index >= 15 is 0 Å². The fourth-order valence-electron chi connectivity index (χ4n) is 3.28. The minimum atomic E-state index is -0.525. The summed E-state index contributed by atoms with van der Waals surface area (Å²) < 4.78 is 3.93. The van der Waals surface area contributed by atoms with Gasteiger partial charge in [0, 0.05) is 24.3 Å². The van der Waals surface area contributed by atoms with Gasteiger partial charge in [-0.05, 0) is 59.8 Å². The van der Waals surface area contributed by atoms with Gasteiger partial charge in [-0.3, -0.25) is 28.4 Å². The molecule has 1 aromatic heterocycles. The van der Waals surface area contributed by atoms with Gasteiger partial charge in [-0.1, -0.05) is 22.0 Å². The lowest BCUT2D eigenvalue weighted by atomic mass is 10.2. The van der Waals surface area contributed by atoms with Crippen LogP contribution in [-0.4, -0.2) is 37.6 Å². The number of aryl methyl sites for hydroxylation is 2. The molecule has 0 spiro atoms. The predicted octanol–water partition coefficient (Wildman–Crippen LogP) is 3.31. The zero-order valence-electron chi connectivity index (χ0n) is 16.6. The van der Waals surface area contributed by atoms with Gasteiger partial charge in [0.25, 0.3) is 11.1 Å². The fraction of sp³-hybridized carbons (Fsp3) is 0.143. The Morgan fingerprint density at radius 1 is 1.03 bits per heavy atom. The van der Waals surface area contributed by atoms with E-state index < -0.39 is 17.1 Å². The van der Waals surface area contributed by atoms with Crippen molar-refractivity contribution in [3.05, 3.63) is 67.9 Å². The van der Waals surface area contributed by atoms with Gasteiger partial charge in [-0.15, -0.1) is 0 Å². The molecule has 2 aromatic carbocycles. The molecule has 1 fully saturated rings. The molecule has 0 bridgehead atoms. The lowest BCUT2D eigenvalue weighted by Crippen LogP contribution is -2.36. The van der Waals surface area contributed by atoms with Gasteiger partial charge in [-0.2, -0.15) is 0 Å². The number of carbonyl (C=O) groups is 3. The number of thioether (sulfide) groups is 1. The first-order valence-electron chi connectivity index (χ1n) is 9.21. The van der Waals surface area contributed by atoms with Gasteiger partial charge in [0.15, 0.2) is 0 Å². The Balaban J connectivity index is 1.52. The van der Waals surface area contributed by atoms with Crippen LogP contribution in [0, 0.1) is 0 Å². The number of nitrogens with zero attached hydrogens (tertiary/aromatic N) is 3. The zero-order chi connectivity index (χ0) is 22.3. The predicted molar refractivity (Wildman–Crippen MR) is 124 cm³/mol. The molecule has 1 aliphatic rings. The second-order valence-electron chi connectivity index (χ2n) is 6.97. The van der Waals surface area contributed by atoms with Crippen molar-refractivity contribution in [2.75, 3.05) is 11.9 Å². The maximum Gasteiger partial charge on any atom is 0.328 e. The molecule has 10 heteroatoms. The first kappa shape index (κ1) is 21.1. The molecule has 8 nitrogen and oxygen atoms in total. The Kier molecular flexibility index (Phi) is 5.59. The van der Waals surface area contributed by atoms with Gasteiger partial charge in [0.1, 0.15) is 6.54 Å². The first-order valence-corrected chi connectivity index (χ1v) is 10.8. The maximum atomic E-state index is 12.7. The smallest absolute Gasteiger partial charge is 0.325 e. The van der Waals surface area contributed by atoms with Crippen LogP contribution in [0.1, 0.15) is 5.56 Å². The largest absolute Gasteiger partial charge is 0.328 e. The number of anilines is 1. The number of imidazole rings is 1. The second kappa shape index (κ2) is 8.20. The molecule has 4 rings (SSSR count). The van der Waals surface area contributed by atoms with E-state index in [0.717, 1.165) is 26.7 Å². The highest BCUT2D eigenvalue weighted by Crippen LogP contribution is 2.32. The highest BCUT2D eigenvalue weighted by Gasteiger charge is 2.36. The highest BCUT2D eigenvalue weighted by atomic mass is 79.9. The van der Waals surface area contributed by atoms with Crippen LogP contribution >= 0.6 is 27.7 Å². The topological polar surface area (TPSA) is 93.4 Å². The molecular weight excluding hydrogens is 484 g/mol. The van der Waals surface area contributed by atoms with Crippen molar-refractivity contribution in [1.29, 1.82) is 0 Å². The minimum Gasteiger partial charge on any atom is -0.325 e. The summed E-state index contributed by atoms with van der Waals surface area (Å²) in [5.41, 5.74) is 2.58. The quantitative estimate of drug-likeness (QED) is 0.554. The average molecular weight is 501 g/mol. The van der Waals surface area contributed by atoms with E-state index in [0.29, 0.717) is 16.8 Å². The SMILES string of the molecule is Cn1c(=O)n(C)c2cc(/C=C3\SC(=O)N(CC(=O)Nc4ccc(Br)cc4)C3=O)ccc21. The van der Waals surface area contributed by atoms with E-state index in [9.17, 15) is 19.2 Å². The van der Waals surface area contributed by atoms with Crippen LogP contribution in [0.2, 0.25) is 0 Å². The monoisotopic (exact) mass is 500 g/mol. The third kappa shape index (κ3) is 4.08. The van der Waals surface area contributed by atoms with E-state index in [2.05, 4.69) is 21.2 Å². The summed E-state index contributed by atoms with van der Waals surface area (Å²) in [6, 6.07) is 12.3. The number of rotatable bonds is 4. The van der Waals surface area contributed by atoms with Crippen molar-refractivity contribution in [1.82, 2.24) is 14.0 Å². The summed E-state index contributed by atoms with van der Waals surface area (Å²) in [6.45, 7) is -0.371. The molecule has 1 saturated heterocycles. The van der Waals surface area contributed by atoms with Crippen molar-refractivity contribution >= 4 is 67.5 Å². The Morgan fingerprint density at radius 3 is 2.42 bits per heavy atom. The third-order valence-corrected chi connectivity index (χ3v) is 6.33. The number of amides is 3. The zero-order valence-corrected chi connectivity index (χ0v) is 19.0. The summed E-state index contributed by atoms with van der Waals surface area (Å²) in [7, 11) is 3.36. The number of imide groups is 1. The summed E-state index contributed by atoms with van der Waals surface area (Å²) in [4.78, 5) is 50.6. The summed E-state index contributed by atoms with van der Waals surface area (Å²) >= 11 is 4.10. The van der Waals surface area contributed by atoms with Crippen molar-refractivity contribution in [2.45, 2.75) is 0 Å².